The summed E-state index contributed by atoms with van der Waals surface area (Å²) in [5.74, 6) is -3.16. The summed E-state index contributed by atoms with van der Waals surface area (Å²) in [5.41, 5.74) is 2.33. The predicted molar refractivity (Wildman–Crippen MR) is 97.3 cm³/mol. The number of benzene rings is 2. The van der Waals surface area contributed by atoms with Gasteiger partial charge in [0.2, 0.25) is 0 Å². The zero-order valence-electron chi connectivity index (χ0n) is 15.2. The van der Waals surface area contributed by atoms with Crippen LogP contribution in [-0.4, -0.2) is 49.6 Å². The highest BCUT2D eigenvalue weighted by molar-refractivity contribution is 5.96. The molecule has 2 aromatic rings. The molecule has 0 aliphatic carbocycles. The van der Waals surface area contributed by atoms with Crippen LogP contribution in [0.5, 0.6) is 5.75 Å². The maximum Gasteiger partial charge on any atom is 0.337 e. The van der Waals surface area contributed by atoms with E-state index >= 15 is 0 Å². The third kappa shape index (κ3) is 3.26. The number of fused-ring (bicyclic) bond motifs is 1. The van der Waals surface area contributed by atoms with E-state index in [0.29, 0.717) is 16.9 Å². The first-order chi connectivity index (χ1) is 13.4. The van der Waals surface area contributed by atoms with E-state index in [0.717, 1.165) is 11.4 Å². The molecule has 1 saturated heterocycles. The van der Waals surface area contributed by atoms with Crippen molar-refractivity contribution < 1.29 is 27.8 Å². The van der Waals surface area contributed by atoms with E-state index < -0.39 is 24.3 Å². The van der Waals surface area contributed by atoms with E-state index in [-0.39, 0.29) is 19.7 Å². The Bertz CT molecular complexity index is 930. The van der Waals surface area contributed by atoms with Crippen LogP contribution < -0.4 is 9.64 Å². The summed E-state index contributed by atoms with van der Waals surface area (Å²) >= 11 is 0. The Morgan fingerprint density at radius 2 is 1.82 bits per heavy atom. The lowest BCUT2D eigenvalue weighted by Gasteiger charge is -2.18. The van der Waals surface area contributed by atoms with Gasteiger partial charge in [-0.1, -0.05) is 0 Å². The average molecular weight is 388 g/mol. The zero-order chi connectivity index (χ0) is 19.9. The van der Waals surface area contributed by atoms with Crippen LogP contribution >= 0.6 is 0 Å². The minimum Gasteiger partial charge on any atom is -0.471 e. The van der Waals surface area contributed by atoms with Crippen LogP contribution in [-0.2, 0) is 4.74 Å². The first kappa shape index (κ1) is 18.2. The van der Waals surface area contributed by atoms with Crippen molar-refractivity contribution in [2.24, 2.45) is 0 Å². The van der Waals surface area contributed by atoms with E-state index in [1.807, 2.05) is 4.90 Å². The molecular formula is C20H18F2N2O4. The Hall–Kier alpha value is -3.16. The number of likely N-dealkylation sites (tertiary alicyclic amines) is 1. The van der Waals surface area contributed by atoms with Crippen molar-refractivity contribution in [2.75, 3.05) is 31.8 Å². The number of anilines is 2. The number of nitrogens with zero attached hydrogens (tertiary/aromatic N) is 2. The maximum absolute atomic E-state index is 13.4. The number of hydrogen-bond donors (Lipinski definition) is 0. The third-order valence-corrected chi connectivity index (χ3v) is 4.90. The SMILES string of the molecule is COC(=O)c1ccc(N2COc3cc(C(=O)N4CCC(F)(F)C4)ccc32)cc1. The van der Waals surface area contributed by atoms with E-state index in [1.54, 1.807) is 42.5 Å². The topological polar surface area (TPSA) is 59.1 Å². The van der Waals surface area contributed by atoms with Gasteiger partial charge in [0.05, 0.1) is 24.9 Å². The van der Waals surface area contributed by atoms with Crippen molar-refractivity contribution >= 4 is 23.3 Å². The maximum atomic E-state index is 13.4. The summed E-state index contributed by atoms with van der Waals surface area (Å²) in [4.78, 5) is 27.1. The van der Waals surface area contributed by atoms with Gasteiger partial charge in [0.15, 0.2) is 6.73 Å². The van der Waals surface area contributed by atoms with Gasteiger partial charge in [0, 0.05) is 24.2 Å². The van der Waals surface area contributed by atoms with Gasteiger partial charge >= 0.3 is 5.97 Å². The Morgan fingerprint density at radius 1 is 1.11 bits per heavy atom. The number of rotatable bonds is 3. The lowest BCUT2D eigenvalue weighted by atomic mass is 10.1. The Labute approximate surface area is 160 Å². The van der Waals surface area contributed by atoms with Gasteiger partial charge in [-0.15, -0.1) is 0 Å². The van der Waals surface area contributed by atoms with Crippen LogP contribution in [0.3, 0.4) is 0 Å². The number of halogens is 2. The molecule has 0 radical (unpaired) electrons. The van der Waals surface area contributed by atoms with E-state index in [9.17, 15) is 18.4 Å². The number of ether oxygens (including phenoxy) is 2. The van der Waals surface area contributed by atoms with Gasteiger partial charge in [-0.05, 0) is 42.5 Å². The number of methoxy groups -OCH3 is 1. The van der Waals surface area contributed by atoms with Crippen LogP contribution in [0.1, 0.15) is 27.1 Å². The lowest BCUT2D eigenvalue weighted by Crippen LogP contribution is -2.31. The average Bonchev–Trinajstić information content (AvgIpc) is 3.29. The van der Waals surface area contributed by atoms with Crippen molar-refractivity contribution in [3.8, 4) is 5.75 Å². The minimum absolute atomic E-state index is 0.0441. The van der Waals surface area contributed by atoms with Gasteiger partial charge in [-0.3, -0.25) is 4.79 Å². The highest BCUT2D eigenvalue weighted by atomic mass is 19.3. The predicted octanol–water partition coefficient (Wildman–Crippen LogP) is 3.44. The summed E-state index contributed by atoms with van der Waals surface area (Å²) in [6, 6.07) is 11.8. The highest BCUT2D eigenvalue weighted by Crippen LogP contribution is 2.40. The van der Waals surface area contributed by atoms with Crippen molar-refractivity contribution in [3.63, 3.8) is 0 Å². The molecule has 2 aromatic carbocycles. The fraction of sp³-hybridized carbons (Fsp3) is 0.300. The summed E-state index contributed by atoms with van der Waals surface area (Å²) in [5, 5.41) is 0. The number of carbonyl (C=O) groups excluding carboxylic acids is 2. The fourth-order valence-electron chi connectivity index (χ4n) is 3.39. The molecule has 2 heterocycles. The molecule has 0 N–H and O–H groups in total. The number of esters is 1. The van der Waals surface area contributed by atoms with E-state index in [2.05, 4.69) is 4.74 Å². The quantitative estimate of drug-likeness (QED) is 0.754. The lowest BCUT2D eigenvalue weighted by molar-refractivity contribution is 0.0120. The van der Waals surface area contributed by atoms with E-state index in [1.165, 1.54) is 12.0 Å². The molecule has 0 aromatic heterocycles. The molecule has 1 amide bonds. The molecule has 8 heteroatoms. The monoisotopic (exact) mass is 388 g/mol. The van der Waals surface area contributed by atoms with Gasteiger partial charge in [0.1, 0.15) is 5.75 Å². The molecular weight excluding hydrogens is 370 g/mol. The second-order valence-electron chi connectivity index (χ2n) is 6.76. The second-order valence-corrected chi connectivity index (χ2v) is 6.76. The molecule has 146 valence electrons. The standard InChI is InChI=1S/C20H18F2N2O4/c1-27-19(26)13-2-5-15(6-3-13)24-12-28-17-10-14(4-7-16(17)24)18(25)23-9-8-20(21,22)11-23/h2-7,10H,8-9,11-12H2,1H3. The van der Waals surface area contributed by atoms with E-state index in [4.69, 9.17) is 4.74 Å². The van der Waals surface area contributed by atoms with Crippen LogP contribution in [0, 0.1) is 0 Å². The molecule has 0 bridgehead atoms. The molecule has 0 spiro atoms. The zero-order valence-corrected chi connectivity index (χ0v) is 15.2. The van der Waals surface area contributed by atoms with Crippen LogP contribution in [0.2, 0.25) is 0 Å². The fourth-order valence-corrected chi connectivity index (χ4v) is 3.39. The Balaban J connectivity index is 1.54. The van der Waals surface area contributed by atoms with Crippen LogP contribution in [0.25, 0.3) is 0 Å². The van der Waals surface area contributed by atoms with Gasteiger partial charge in [-0.2, -0.15) is 0 Å². The molecule has 28 heavy (non-hydrogen) atoms. The molecule has 0 atom stereocenters. The molecule has 0 unspecified atom stereocenters. The van der Waals surface area contributed by atoms with Crippen molar-refractivity contribution in [2.45, 2.75) is 12.3 Å². The first-order valence-electron chi connectivity index (χ1n) is 8.78. The van der Waals surface area contributed by atoms with Gasteiger partial charge < -0.3 is 19.3 Å². The number of hydrogen-bond acceptors (Lipinski definition) is 5. The summed E-state index contributed by atoms with van der Waals surface area (Å²) in [6.07, 6.45) is -0.310. The van der Waals surface area contributed by atoms with Crippen molar-refractivity contribution in [1.82, 2.24) is 4.90 Å². The largest absolute Gasteiger partial charge is 0.471 e. The Kier molecular flexibility index (Phi) is 4.41. The number of amides is 1. The van der Waals surface area contributed by atoms with Gasteiger partial charge in [0.25, 0.3) is 11.8 Å². The van der Waals surface area contributed by atoms with Gasteiger partial charge in [-0.25, -0.2) is 13.6 Å². The summed E-state index contributed by atoms with van der Waals surface area (Å²) in [7, 11) is 1.32. The Morgan fingerprint density at radius 3 is 2.46 bits per heavy atom. The summed E-state index contributed by atoms with van der Waals surface area (Å²) < 4.78 is 37.1. The van der Waals surface area contributed by atoms with Crippen LogP contribution in [0.4, 0.5) is 20.2 Å². The molecule has 1 fully saturated rings. The van der Waals surface area contributed by atoms with Crippen molar-refractivity contribution in [1.29, 1.82) is 0 Å². The number of alkyl halides is 2. The second kappa shape index (κ2) is 6.78. The number of carbonyl (C=O) groups is 2. The van der Waals surface area contributed by atoms with Crippen molar-refractivity contribution in [3.05, 3.63) is 53.6 Å². The summed E-state index contributed by atoms with van der Waals surface area (Å²) in [6.45, 7) is -0.267. The molecule has 4 rings (SSSR count). The molecule has 0 saturated carbocycles. The molecule has 2 aliphatic rings. The molecule has 6 nitrogen and oxygen atoms in total. The third-order valence-electron chi connectivity index (χ3n) is 4.90. The first-order valence-corrected chi connectivity index (χ1v) is 8.78. The van der Waals surface area contributed by atoms with Crippen LogP contribution in [0.15, 0.2) is 42.5 Å². The highest BCUT2D eigenvalue weighted by Gasteiger charge is 2.40. The molecule has 2 aliphatic heterocycles. The minimum atomic E-state index is -2.82. The normalized spacial score (nSPS) is 17.2. The smallest absolute Gasteiger partial charge is 0.337 e.